The molecule has 0 atom stereocenters. The predicted molar refractivity (Wildman–Crippen MR) is 103 cm³/mol. The number of hydrogen-bond acceptors (Lipinski definition) is 6. The van der Waals surface area contributed by atoms with Gasteiger partial charge < -0.3 is 15.4 Å². The predicted octanol–water partition coefficient (Wildman–Crippen LogP) is 3.25. The first kappa shape index (κ1) is 18.3. The number of para-hydroxylation sites is 1. The summed E-state index contributed by atoms with van der Waals surface area (Å²) in [5, 5.41) is 5.44. The van der Waals surface area contributed by atoms with Crippen molar-refractivity contribution in [2.24, 2.45) is 0 Å². The van der Waals surface area contributed by atoms with Crippen molar-refractivity contribution >= 4 is 52.7 Å². The normalized spacial score (nSPS) is 12.7. The van der Waals surface area contributed by atoms with Gasteiger partial charge in [-0.15, -0.1) is 23.5 Å². The highest BCUT2D eigenvalue weighted by Crippen LogP contribution is 2.32. The molecule has 1 aliphatic rings. The zero-order valence-electron chi connectivity index (χ0n) is 13.9. The summed E-state index contributed by atoms with van der Waals surface area (Å²) in [7, 11) is 0. The first-order valence-electron chi connectivity index (χ1n) is 7.73. The van der Waals surface area contributed by atoms with E-state index in [1.165, 1.54) is 23.5 Å². The number of fused-ring (bicyclic) bond motifs is 1. The van der Waals surface area contributed by atoms with Crippen molar-refractivity contribution in [2.75, 3.05) is 29.2 Å². The Morgan fingerprint density at radius 2 is 2.08 bits per heavy atom. The van der Waals surface area contributed by atoms with Crippen molar-refractivity contribution < 1.29 is 19.1 Å². The maximum Gasteiger partial charge on any atom is 0.338 e. The Morgan fingerprint density at radius 1 is 1.27 bits per heavy atom. The van der Waals surface area contributed by atoms with Crippen molar-refractivity contribution in [3.8, 4) is 0 Å². The van der Waals surface area contributed by atoms with Gasteiger partial charge in [-0.3, -0.25) is 9.59 Å². The molecule has 2 aromatic rings. The maximum absolute atomic E-state index is 12.2. The van der Waals surface area contributed by atoms with Crippen LogP contribution < -0.4 is 10.6 Å². The molecule has 0 saturated carbocycles. The van der Waals surface area contributed by atoms with Gasteiger partial charge in [-0.1, -0.05) is 12.1 Å². The lowest BCUT2D eigenvalue weighted by Crippen LogP contribution is -2.22. The molecule has 0 spiro atoms. The molecular weight excluding hydrogens is 372 g/mol. The summed E-state index contributed by atoms with van der Waals surface area (Å²) in [6, 6.07) is 12.3. The quantitative estimate of drug-likeness (QED) is 0.604. The monoisotopic (exact) mass is 388 g/mol. The average Bonchev–Trinajstić information content (AvgIpc) is 2.66. The van der Waals surface area contributed by atoms with Crippen LogP contribution in [0.15, 0.2) is 52.3 Å². The van der Waals surface area contributed by atoms with Crippen LogP contribution in [0.25, 0.3) is 0 Å². The Morgan fingerprint density at radius 3 is 2.88 bits per heavy atom. The number of ether oxygens (including phenoxy) is 1. The number of thioether (sulfide) groups is 2. The van der Waals surface area contributed by atoms with E-state index in [1.807, 2.05) is 24.5 Å². The van der Waals surface area contributed by atoms with E-state index in [-0.39, 0.29) is 18.1 Å². The van der Waals surface area contributed by atoms with Gasteiger partial charge in [0.1, 0.15) is 0 Å². The van der Waals surface area contributed by atoms with Gasteiger partial charge in [0.2, 0.25) is 5.91 Å². The lowest BCUT2D eigenvalue weighted by molar-refractivity contribution is -0.119. The van der Waals surface area contributed by atoms with Gasteiger partial charge in [-0.2, -0.15) is 0 Å². The van der Waals surface area contributed by atoms with Crippen molar-refractivity contribution in [1.29, 1.82) is 0 Å². The molecule has 6 nitrogen and oxygen atoms in total. The minimum absolute atomic E-state index is 0.111. The van der Waals surface area contributed by atoms with Crippen molar-refractivity contribution in [3.63, 3.8) is 0 Å². The fourth-order valence-corrected chi connectivity index (χ4v) is 3.70. The van der Waals surface area contributed by atoms with Crippen LogP contribution in [0.4, 0.5) is 11.4 Å². The number of nitrogens with one attached hydrogen (secondary N) is 2. The molecular formula is C18H16N2O4S2. The van der Waals surface area contributed by atoms with Gasteiger partial charge in [0.15, 0.2) is 6.61 Å². The van der Waals surface area contributed by atoms with E-state index in [4.69, 9.17) is 4.74 Å². The molecule has 0 saturated heterocycles. The van der Waals surface area contributed by atoms with Gasteiger partial charge in [0, 0.05) is 9.79 Å². The van der Waals surface area contributed by atoms with E-state index < -0.39 is 11.9 Å². The van der Waals surface area contributed by atoms with E-state index in [0.29, 0.717) is 17.1 Å². The second kappa shape index (κ2) is 8.29. The van der Waals surface area contributed by atoms with Gasteiger partial charge in [0.25, 0.3) is 5.91 Å². The van der Waals surface area contributed by atoms with E-state index in [0.717, 1.165) is 9.79 Å². The molecule has 8 heteroatoms. The van der Waals surface area contributed by atoms with E-state index in [1.54, 1.807) is 24.3 Å². The molecule has 3 rings (SSSR count). The van der Waals surface area contributed by atoms with E-state index in [9.17, 15) is 14.4 Å². The SMILES string of the molecule is CSc1ccccc1NC(=O)COC(=O)c1ccc2c(c1)NC(=O)CS2. The molecule has 0 unspecified atom stereocenters. The molecule has 2 amide bonds. The Hall–Kier alpha value is -2.45. The number of esters is 1. The Bertz CT molecular complexity index is 870. The van der Waals surface area contributed by atoms with E-state index >= 15 is 0 Å². The maximum atomic E-state index is 12.2. The highest BCUT2D eigenvalue weighted by molar-refractivity contribution is 8.00. The second-order valence-electron chi connectivity index (χ2n) is 5.37. The minimum Gasteiger partial charge on any atom is -0.452 e. The van der Waals surface area contributed by atoms with Gasteiger partial charge in [0.05, 0.1) is 22.7 Å². The highest BCUT2D eigenvalue weighted by Gasteiger charge is 2.18. The summed E-state index contributed by atoms with van der Waals surface area (Å²) in [4.78, 5) is 37.5. The molecule has 1 aliphatic heterocycles. The smallest absolute Gasteiger partial charge is 0.338 e. The molecule has 2 aromatic carbocycles. The molecule has 0 fully saturated rings. The fourth-order valence-electron chi connectivity index (χ4n) is 2.36. The number of carbonyl (C=O) groups is 3. The van der Waals surface area contributed by atoms with Crippen LogP contribution in [0, 0.1) is 0 Å². The van der Waals surface area contributed by atoms with Crippen LogP contribution in [0.3, 0.4) is 0 Å². The lowest BCUT2D eigenvalue weighted by atomic mass is 10.2. The summed E-state index contributed by atoms with van der Waals surface area (Å²) in [5.74, 6) is -0.790. The number of amides is 2. The van der Waals surface area contributed by atoms with Crippen LogP contribution in [0.2, 0.25) is 0 Å². The number of carbonyl (C=O) groups excluding carboxylic acids is 3. The zero-order chi connectivity index (χ0) is 18.5. The highest BCUT2D eigenvalue weighted by atomic mass is 32.2. The molecule has 0 radical (unpaired) electrons. The molecule has 0 aromatic heterocycles. The Kier molecular flexibility index (Phi) is 5.85. The first-order valence-corrected chi connectivity index (χ1v) is 9.94. The van der Waals surface area contributed by atoms with Crippen LogP contribution in [-0.2, 0) is 14.3 Å². The number of hydrogen-bond donors (Lipinski definition) is 2. The molecule has 2 N–H and O–H groups in total. The standard InChI is InChI=1S/C18H16N2O4S2/c1-25-14-5-3-2-4-12(14)19-16(21)9-24-18(23)11-6-7-15-13(8-11)20-17(22)10-26-15/h2-8H,9-10H2,1H3,(H,19,21)(H,20,22). The number of rotatable bonds is 5. The molecule has 0 aliphatic carbocycles. The zero-order valence-corrected chi connectivity index (χ0v) is 15.5. The molecule has 1 heterocycles. The van der Waals surface area contributed by atoms with Crippen molar-refractivity contribution in [3.05, 3.63) is 48.0 Å². The van der Waals surface area contributed by atoms with Crippen molar-refractivity contribution in [1.82, 2.24) is 0 Å². The molecule has 0 bridgehead atoms. The van der Waals surface area contributed by atoms with E-state index in [2.05, 4.69) is 10.6 Å². The third-order valence-electron chi connectivity index (χ3n) is 3.56. The van der Waals surface area contributed by atoms with Gasteiger partial charge >= 0.3 is 5.97 Å². The summed E-state index contributed by atoms with van der Waals surface area (Å²) in [5.41, 5.74) is 1.54. The van der Waals surface area contributed by atoms with Crippen LogP contribution in [-0.4, -0.2) is 36.4 Å². The average molecular weight is 388 g/mol. The molecule has 134 valence electrons. The first-order chi connectivity index (χ1) is 12.6. The van der Waals surface area contributed by atoms with Crippen molar-refractivity contribution in [2.45, 2.75) is 9.79 Å². The summed E-state index contributed by atoms with van der Waals surface area (Å²) in [6.45, 7) is -0.389. The van der Waals surface area contributed by atoms with Crippen LogP contribution in [0.5, 0.6) is 0 Å². The second-order valence-corrected chi connectivity index (χ2v) is 7.24. The fraction of sp³-hybridized carbons (Fsp3) is 0.167. The summed E-state index contributed by atoms with van der Waals surface area (Å²) in [6.07, 6.45) is 1.91. The van der Waals surface area contributed by atoms with Gasteiger partial charge in [-0.25, -0.2) is 4.79 Å². The van der Waals surface area contributed by atoms with Crippen LogP contribution >= 0.6 is 23.5 Å². The Balaban J connectivity index is 1.59. The largest absolute Gasteiger partial charge is 0.452 e. The topological polar surface area (TPSA) is 84.5 Å². The number of anilines is 2. The summed E-state index contributed by atoms with van der Waals surface area (Å²) < 4.78 is 5.08. The van der Waals surface area contributed by atoms with Crippen LogP contribution in [0.1, 0.15) is 10.4 Å². The summed E-state index contributed by atoms with van der Waals surface area (Å²) >= 11 is 2.92. The minimum atomic E-state index is -0.620. The number of benzene rings is 2. The Labute approximate surface area is 159 Å². The third kappa shape index (κ3) is 4.39. The van der Waals surface area contributed by atoms with Gasteiger partial charge in [-0.05, 0) is 36.6 Å². The lowest BCUT2D eigenvalue weighted by Gasteiger charge is -2.16. The third-order valence-corrected chi connectivity index (χ3v) is 5.43. The molecule has 26 heavy (non-hydrogen) atoms.